The van der Waals surface area contributed by atoms with Gasteiger partial charge >= 0.3 is 0 Å². The Kier molecular flexibility index (Phi) is 4.28. The van der Waals surface area contributed by atoms with Gasteiger partial charge in [-0.3, -0.25) is 4.90 Å². The number of aromatic nitrogens is 2. The summed E-state index contributed by atoms with van der Waals surface area (Å²) in [7, 11) is 0. The molecule has 1 aromatic rings. The first-order valence-corrected chi connectivity index (χ1v) is 6.01. The molecule has 0 bridgehead atoms. The summed E-state index contributed by atoms with van der Waals surface area (Å²) in [5.41, 5.74) is 0. The van der Waals surface area contributed by atoms with Crippen LogP contribution >= 0.6 is 0 Å². The van der Waals surface area contributed by atoms with Crippen LogP contribution in [-0.2, 0) is 0 Å². The second kappa shape index (κ2) is 6.16. The van der Waals surface area contributed by atoms with Crippen molar-refractivity contribution >= 4 is 5.95 Å². The lowest BCUT2D eigenvalue weighted by Gasteiger charge is -2.34. The highest BCUT2D eigenvalue weighted by Gasteiger charge is 2.17. The molecule has 0 unspecified atom stereocenters. The molecule has 0 radical (unpaired) electrons. The van der Waals surface area contributed by atoms with Crippen molar-refractivity contribution < 1.29 is 0 Å². The summed E-state index contributed by atoms with van der Waals surface area (Å²) >= 11 is 0. The Labute approximate surface area is 102 Å². The zero-order valence-electron chi connectivity index (χ0n) is 9.92. The zero-order valence-corrected chi connectivity index (χ0v) is 9.92. The van der Waals surface area contributed by atoms with Gasteiger partial charge in [0.1, 0.15) is 0 Å². The highest BCUT2D eigenvalue weighted by atomic mass is 15.3. The molecule has 2 rings (SSSR count). The van der Waals surface area contributed by atoms with Crippen molar-refractivity contribution in [3.05, 3.63) is 18.5 Å². The van der Waals surface area contributed by atoms with E-state index in [9.17, 15) is 0 Å². The highest BCUT2D eigenvalue weighted by Crippen LogP contribution is 2.09. The van der Waals surface area contributed by atoms with Crippen molar-refractivity contribution in [3.63, 3.8) is 0 Å². The Balaban J connectivity index is 1.77. The number of hydrogen-bond acceptors (Lipinski definition) is 5. The van der Waals surface area contributed by atoms with E-state index in [-0.39, 0.29) is 0 Å². The third-order valence-corrected chi connectivity index (χ3v) is 2.97. The Hall–Kier alpha value is -1.67. The van der Waals surface area contributed by atoms with Crippen LogP contribution in [0.25, 0.3) is 0 Å². The van der Waals surface area contributed by atoms with Crippen LogP contribution in [0, 0.1) is 11.3 Å². The minimum absolute atomic E-state index is 0.655. The fourth-order valence-corrected chi connectivity index (χ4v) is 2.01. The van der Waals surface area contributed by atoms with Crippen molar-refractivity contribution in [2.24, 2.45) is 0 Å². The van der Waals surface area contributed by atoms with Crippen molar-refractivity contribution in [2.75, 3.05) is 37.6 Å². The van der Waals surface area contributed by atoms with Crippen molar-refractivity contribution in [3.8, 4) is 6.07 Å². The molecule has 1 saturated heterocycles. The molecule has 17 heavy (non-hydrogen) atoms. The van der Waals surface area contributed by atoms with Crippen molar-refractivity contribution in [1.29, 1.82) is 5.26 Å². The molecular weight excluding hydrogens is 214 g/mol. The number of nitriles is 1. The molecule has 1 aliphatic heterocycles. The maximum atomic E-state index is 8.49. The highest BCUT2D eigenvalue weighted by molar-refractivity contribution is 5.29. The summed E-state index contributed by atoms with van der Waals surface area (Å²) in [6.45, 7) is 5.03. The Morgan fingerprint density at radius 3 is 2.53 bits per heavy atom. The summed E-state index contributed by atoms with van der Waals surface area (Å²) in [5.74, 6) is 0.823. The summed E-state index contributed by atoms with van der Waals surface area (Å²) in [6, 6.07) is 4.02. The largest absolute Gasteiger partial charge is 0.338 e. The van der Waals surface area contributed by atoms with Crippen LogP contribution in [0.2, 0.25) is 0 Å². The van der Waals surface area contributed by atoms with Crippen molar-refractivity contribution in [1.82, 2.24) is 14.9 Å². The first-order valence-electron chi connectivity index (χ1n) is 6.01. The molecule has 5 nitrogen and oxygen atoms in total. The molecule has 0 amide bonds. The average molecular weight is 231 g/mol. The molecule has 1 fully saturated rings. The van der Waals surface area contributed by atoms with Crippen LogP contribution in [0.5, 0.6) is 0 Å². The molecule has 1 aliphatic rings. The van der Waals surface area contributed by atoms with E-state index in [2.05, 4.69) is 25.8 Å². The minimum Gasteiger partial charge on any atom is -0.338 e. The minimum atomic E-state index is 0.655. The molecule has 0 atom stereocenters. The molecular formula is C12H17N5. The van der Waals surface area contributed by atoms with Gasteiger partial charge in [-0.05, 0) is 19.0 Å². The van der Waals surface area contributed by atoms with Crippen LogP contribution in [0.15, 0.2) is 18.5 Å². The third kappa shape index (κ3) is 3.40. The van der Waals surface area contributed by atoms with Gasteiger partial charge in [-0.25, -0.2) is 9.97 Å². The monoisotopic (exact) mass is 231 g/mol. The number of nitrogens with zero attached hydrogens (tertiary/aromatic N) is 5. The van der Waals surface area contributed by atoms with E-state index in [1.807, 2.05) is 6.07 Å². The molecule has 0 spiro atoms. The predicted molar refractivity (Wildman–Crippen MR) is 65.5 cm³/mol. The van der Waals surface area contributed by atoms with Gasteiger partial charge in [-0.15, -0.1) is 0 Å². The molecule has 0 N–H and O–H groups in total. The normalized spacial score (nSPS) is 16.8. The molecule has 0 aromatic carbocycles. The summed E-state index contributed by atoms with van der Waals surface area (Å²) in [4.78, 5) is 13.1. The van der Waals surface area contributed by atoms with E-state index < -0.39 is 0 Å². The number of hydrogen-bond donors (Lipinski definition) is 0. The summed E-state index contributed by atoms with van der Waals surface area (Å²) in [6.07, 6.45) is 5.18. The van der Waals surface area contributed by atoms with E-state index in [4.69, 9.17) is 5.26 Å². The Morgan fingerprint density at radius 1 is 1.18 bits per heavy atom. The van der Waals surface area contributed by atoms with Crippen LogP contribution in [-0.4, -0.2) is 47.6 Å². The van der Waals surface area contributed by atoms with Crippen LogP contribution in [0.1, 0.15) is 12.8 Å². The Bertz CT molecular complexity index is 364. The smallest absolute Gasteiger partial charge is 0.225 e. The first kappa shape index (κ1) is 11.8. The van der Waals surface area contributed by atoms with Gasteiger partial charge in [-0.1, -0.05) is 0 Å². The Morgan fingerprint density at radius 2 is 1.88 bits per heavy atom. The first-order chi connectivity index (χ1) is 8.40. The maximum Gasteiger partial charge on any atom is 0.225 e. The lowest BCUT2D eigenvalue weighted by atomic mass is 10.2. The van der Waals surface area contributed by atoms with Crippen LogP contribution in [0.4, 0.5) is 5.95 Å². The predicted octanol–water partition coefficient (Wildman–Crippen LogP) is 0.902. The van der Waals surface area contributed by atoms with E-state index in [0.717, 1.165) is 45.1 Å². The topological polar surface area (TPSA) is 56.1 Å². The van der Waals surface area contributed by atoms with E-state index in [0.29, 0.717) is 6.42 Å². The number of anilines is 1. The van der Waals surface area contributed by atoms with Crippen LogP contribution < -0.4 is 4.90 Å². The van der Waals surface area contributed by atoms with E-state index in [1.165, 1.54) is 0 Å². The lowest BCUT2D eigenvalue weighted by molar-refractivity contribution is 0.255. The van der Waals surface area contributed by atoms with E-state index in [1.54, 1.807) is 12.4 Å². The molecule has 0 aliphatic carbocycles. The number of piperazine rings is 1. The lowest BCUT2D eigenvalue weighted by Crippen LogP contribution is -2.47. The maximum absolute atomic E-state index is 8.49. The van der Waals surface area contributed by atoms with Gasteiger partial charge in [0.25, 0.3) is 0 Å². The van der Waals surface area contributed by atoms with Crippen molar-refractivity contribution in [2.45, 2.75) is 12.8 Å². The van der Waals surface area contributed by atoms with Gasteiger partial charge < -0.3 is 4.90 Å². The number of rotatable bonds is 4. The van der Waals surface area contributed by atoms with Gasteiger partial charge in [0, 0.05) is 45.0 Å². The quantitative estimate of drug-likeness (QED) is 0.721. The fourth-order valence-electron chi connectivity index (χ4n) is 2.01. The second-order valence-corrected chi connectivity index (χ2v) is 4.14. The molecule has 2 heterocycles. The second-order valence-electron chi connectivity index (χ2n) is 4.14. The van der Waals surface area contributed by atoms with Gasteiger partial charge in [0.15, 0.2) is 0 Å². The molecule has 0 saturated carbocycles. The number of unbranched alkanes of at least 4 members (excludes halogenated alkanes) is 1. The summed E-state index contributed by atoms with van der Waals surface area (Å²) in [5, 5.41) is 8.49. The molecule has 1 aromatic heterocycles. The molecule has 5 heteroatoms. The average Bonchev–Trinajstić information content (AvgIpc) is 2.41. The van der Waals surface area contributed by atoms with Crippen LogP contribution in [0.3, 0.4) is 0 Å². The fraction of sp³-hybridized carbons (Fsp3) is 0.583. The standard InChI is InChI=1S/C12H17N5/c13-4-1-2-7-16-8-10-17(11-9-16)12-14-5-3-6-15-12/h3,5-6H,1-2,7-11H2. The molecule has 90 valence electrons. The zero-order chi connectivity index (χ0) is 11.9. The van der Waals surface area contributed by atoms with Gasteiger partial charge in [0.05, 0.1) is 6.07 Å². The summed E-state index contributed by atoms with van der Waals surface area (Å²) < 4.78 is 0. The van der Waals surface area contributed by atoms with E-state index >= 15 is 0 Å². The van der Waals surface area contributed by atoms with Gasteiger partial charge in [-0.2, -0.15) is 5.26 Å². The van der Waals surface area contributed by atoms with Gasteiger partial charge in [0.2, 0.25) is 5.95 Å². The third-order valence-electron chi connectivity index (χ3n) is 2.97. The SMILES string of the molecule is N#CCCCN1CCN(c2ncccn2)CC1.